The molecular formula is C93H150N24O21. The van der Waals surface area contributed by atoms with Gasteiger partial charge in [0, 0.05) is 36.5 Å². The molecule has 0 bridgehead atoms. The van der Waals surface area contributed by atoms with Gasteiger partial charge in [0.05, 0.1) is 38.8 Å². The van der Waals surface area contributed by atoms with Gasteiger partial charge in [0.2, 0.25) is 106 Å². The number of carbonyl (C=O) groups is 18. The highest BCUT2D eigenvalue weighted by atomic mass is 16.3. The molecule has 15 atom stereocenters. The monoisotopic (exact) mass is 1940 g/mol. The molecule has 1 saturated heterocycles. The molecule has 0 unspecified atom stereocenters. The zero-order valence-corrected chi connectivity index (χ0v) is 80.7. The number of nitrogens with zero attached hydrogens (tertiary/aromatic N) is 1. The highest BCUT2D eigenvalue weighted by Gasteiger charge is 2.44. The second kappa shape index (κ2) is 59.8. The van der Waals surface area contributed by atoms with E-state index in [0.717, 1.165) is 10.9 Å². The second-order valence-corrected chi connectivity index (χ2v) is 36.6. The number of phenols is 1. The van der Waals surface area contributed by atoms with Crippen LogP contribution in [0.15, 0.2) is 66.9 Å². The first kappa shape index (κ1) is 116. The number of aliphatic hydroxyl groups excluding tert-OH is 2. The first-order valence-electron chi connectivity index (χ1n) is 47.7. The van der Waals surface area contributed by atoms with Crippen molar-refractivity contribution in [2.24, 2.45) is 46.2 Å². The Balaban J connectivity index is 1.38. The maximum atomic E-state index is 14.9. The summed E-state index contributed by atoms with van der Waals surface area (Å²) in [6.07, 6.45) is 6.92. The number of H-pyrrole nitrogens is 1. The molecule has 3 heterocycles. The number of nitrogens with one attached hydrogen (secondary N) is 17. The molecular weight excluding hydrogens is 1790 g/mol. The molecule has 138 heavy (non-hydrogen) atoms. The molecule has 45 heteroatoms. The third-order valence-corrected chi connectivity index (χ3v) is 23.8. The number of fused-ring (bicyclic) bond motifs is 1. The lowest BCUT2D eigenvalue weighted by Crippen LogP contribution is -2.64. The molecule has 32 N–H and O–H groups in total. The third kappa shape index (κ3) is 39.3. The number of rotatable bonds is 53. The number of aliphatic hydroxyl groups is 2. The summed E-state index contributed by atoms with van der Waals surface area (Å²) in [5.74, 6) is -17.0. The van der Waals surface area contributed by atoms with Crippen LogP contribution in [0.4, 0.5) is 0 Å². The van der Waals surface area contributed by atoms with Crippen molar-refractivity contribution in [1.29, 1.82) is 0 Å². The minimum atomic E-state index is -2.01. The molecule has 1 fully saturated rings. The summed E-state index contributed by atoms with van der Waals surface area (Å²) < 4.78 is 0. The van der Waals surface area contributed by atoms with Crippen molar-refractivity contribution < 1.29 is 102 Å². The number of primary amides is 2. The molecule has 2 aliphatic rings. The smallest absolute Gasteiger partial charge is 0.245 e. The van der Waals surface area contributed by atoms with Gasteiger partial charge in [0.25, 0.3) is 0 Å². The minimum Gasteiger partial charge on any atom is -0.508 e. The van der Waals surface area contributed by atoms with Crippen molar-refractivity contribution in [2.75, 3.05) is 66.0 Å². The summed E-state index contributed by atoms with van der Waals surface area (Å²) in [5, 5.41) is 74.6. The van der Waals surface area contributed by atoms with E-state index in [1.807, 2.05) is 12.1 Å². The third-order valence-electron chi connectivity index (χ3n) is 23.8. The summed E-state index contributed by atoms with van der Waals surface area (Å²) in [6, 6.07) is -4.55. The van der Waals surface area contributed by atoms with Crippen LogP contribution >= 0.6 is 0 Å². The molecule has 0 aliphatic carbocycles. The highest BCUT2D eigenvalue weighted by molar-refractivity contribution is 6.02. The van der Waals surface area contributed by atoms with Gasteiger partial charge >= 0.3 is 0 Å². The first-order valence-corrected chi connectivity index (χ1v) is 47.7. The van der Waals surface area contributed by atoms with Crippen LogP contribution in [0.3, 0.4) is 0 Å². The normalized spacial score (nSPS) is 19.9. The van der Waals surface area contributed by atoms with Crippen molar-refractivity contribution in [1.82, 2.24) is 95.0 Å². The van der Waals surface area contributed by atoms with Gasteiger partial charge < -0.3 is 145 Å². The maximum absolute atomic E-state index is 14.9. The summed E-state index contributed by atoms with van der Waals surface area (Å²) in [6.45, 7) is 9.08. The molecule has 768 valence electrons. The Labute approximate surface area is 804 Å². The van der Waals surface area contributed by atoms with Gasteiger partial charge in [-0.2, -0.15) is 0 Å². The van der Waals surface area contributed by atoms with Crippen LogP contribution in [0.2, 0.25) is 0 Å². The van der Waals surface area contributed by atoms with Crippen LogP contribution in [-0.4, -0.2) is 287 Å². The van der Waals surface area contributed by atoms with Crippen molar-refractivity contribution in [3.8, 4) is 5.75 Å². The van der Waals surface area contributed by atoms with E-state index in [0.29, 0.717) is 75.5 Å². The zero-order chi connectivity index (χ0) is 102. The number of aromatic amines is 1. The Morgan fingerprint density at radius 2 is 1.09 bits per heavy atom. The second-order valence-electron chi connectivity index (χ2n) is 36.6. The van der Waals surface area contributed by atoms with E-state index in [1.54, 1.807) is 58.2 Å². The number of likely N-dealkylation sites (N-methyl/N-ethyl adjacent to an activating group) is 1. The van der Waals surface area contributed by atoms with E-state index in [2.05, 4.69) is 90.1 Å². The number of aromatic nitrogens is 1. The van der Waals surface area contributed by atoms with E-state index in [9.17, 15) is 102 Å². The molecule has 18 amide bonds. The van der Waals surface area contributed by atoms with Crippen LogP contribution in [0.25, 0.3) is 10.9 Å². The largest absolute Gasteiger partial charge is 0.508 e. The van der Waals surface area contributed by atoms with Crippen molar-refractivity contribution in [3.63, 3.8) is 0 Å². The molecule has 2 aliphatic heterocycles. The number of para-hydroxylation sites is 1. The Morgan fingerprint density at radius 1 is 0.558 bits per heavy atom. The molecule has 45 nitrogen and oxygen atoms in total. The van der Waals surface area contributed by atoms with Gasteiger partial charge in [0.15, 0.2) is 0 Å². The van der Waals surface area contributed by atoms with Gasteiger partial charge in [0.1, 0.15) is 89.3 Å². The van der Waals surface area contributed by atoms with Gasteiger partial charge in [-0.15, -0.1) is 0 Å². The lowest BCUT2D eigenvalue weighted by atomic mass is 9.91. The van der Waals surface area contributed by atoms with Gasteiger partial charge in [-0.3, -0.25) is 86.3 Å². The SMILES string of the molecule is CNCC(=O)N[C@@H](Cc1c[nH]c2ccccc12)C(=O)N[C@H](C(=O)N[C@@H](CC(C)C)C(=O)N[C@@H](CC(N)=O)C(=O)N[C@@H](CO)C(=O)N[C@@]1(C)CCC/C=C/CCC[C@@](C)(C(=O)NCC(=O)N2CCC[C@H]2C(=O)N[C@@H](CCCCN)C(=O)N[C@@H](CCCCN)C(=O)N[C@@H](CCCCN)C(=O)N[C@@H](CCCCN)C(N)=O)NC(=O)[C@H](CC(C)C)NC(=O)[C@H](Cc2ccc(O)cc2)NC(=O)CNC1=O)[C@@H](C)O. The van der Waals surface area contributed by atoms with Crippen LogP contribution in [0.1, 0.15) is 207 Å². The van der Waals surface area contributed by atoms with E-state index < -0.39 is 222 Å². The Hall–Kier alpha value is -12.3. The summed E-state index contributed by atoms with van der Waals surface area (Å²) >= 11 is 0. The number of aromatic hydroxyl groups is 1. The lowest BCUT2D eigenvalue weighted by molar-refractivity contribution is -0.141. The summed E-state index contributed by atoms with van der Waals surface area (Å²) in [7, 11) is 1.52. The van der Waals surface area contributed by atoms with Crippen molar-refractivity contribution in [2.45, 2.75) is 299 Å². The van der Waals surface area contributed by atoms with E-state index in [1.165, 1.54) is 57.0 Å². The maximum Gasteiger partial charge on any atom is 0.245 e. The molecule has 0 radical (unpaired) electrons. The first-order chi connectivity index (χ1) is 65.5. The average molecular weight is 1940 g/mol. The van der Waals surface area contributed by atoms with Crippen molar-refractivity contribution in [3.05, 3.63) is 78.0 Å². The molecule has 1 aromatic heterocycles. The number of allylic oxidation sites excluding steroid dienone is 2. The number of phenolic OH excluding ortho intramolecular Hbond substituents is 1. The number of amides is 18. The fourth-order valence-corrected chi connectivity index (χ4v) is 16.1. The molecule has 0 spiro atoms. The van der Waals surface area contributed by atoms with E-state index in [4.69, 9.17) is 34.4 Å². The van der Waals surface area contributed by atoms with Crippen LogP contribution < -0.4 is 119 Å². The fraction of sp³-hybridized carbons (Fsp3) is 0.634. The Kier molecular flexibility index (Phi) is 50.3. The van der Waals surface area contributed by atoms with Crippen LogP contribution in [0.5, 0.6) is 5.75 Å². The number of unbranched alkanes of at least 4 members (excludes halogenated alkanes) is 4. The average Bonchev–Trinajstić information content (AvgIpc) is 1.73. The molecule has 5 rings (SSSR count). The zero-order valence-electron chi connectivity index (χ0n) is 80.7. The van der Waals surface area contributed by atoms with Gasteiger partial charge in [-0.25, -0.2) is 0 Å². The fourth-order valence-electron chi connectivity index (χ4n) is 16.1. The van der Waals surface area contributed by atoms with E-state index in [-0.39, 0.29) is 147 Å². The van der Waals surface area contributed by atoms with Gasteiger partial charge in [-0.05, 0) is 236 Å². The number of benzene rings is 2. The summed E-state index contributed by atoms with van der Waals surface area (Å²) in [5.41, 5.74) is 32.3. The van der Waals surface area contributed by atoms with Gasteiger partial charge in [-0.1, -0.05) is 70.2 Å². The predicted molar refractivity (Wildman–Crippen MR) is 512 cm³/mol. The quantitative estimate of drug-likeness (QED) is 0.0187. The van der Waals surface area contributed by atoms with E-state index >= 15 is 0 Å². The lowest BCUT2D eigenvalue weighted by Gasteiger charge is -2.33. The predicted octanol–water partition coefficient (Wildman–Crippen LogP) is -4.56. The molecule has 3 aromatic rings. The molecule has 0 saturated carbocycles. The number of likely N-dealkylation sites (tertiary alicyclic amines) is 1. The number of carbonyl (C=O) groups excluding carboxylic acids is 18. The highest BCUT2D eigenvalue weighted by Crippen LogP contribution is 2.25. The van der Waals surface area contributed by atoms with Crippen LogP contribution in [0, 0.1) is 11.8 Å². The number of hydrogen-bond donors (Lipinski definition) is 26. The molecule has 2 aromatic carbocycles. The van der Waals surface area contributed by atoms with Crippen LogP contribution in [-0.2, 0) is 99.1 Å². The Morgan fingerprint density at radius 3 is 1.64 bits per heavy atom. The number of nitrogens with two attached hydrogens (primary N) is 6. The Bertz CT molecular complexity index is 4590. The summed E-state index contributed by atoms with van der Waals surface area (Å²) in [4.78, 5) is 259. The minimum absolute atomic E-state index is 0.0365. The number of hydrogen-bond acceptors (Lipinski definition) is 26. The van der Waals surface area contributed by atoms with Crippen molar-refractivity contribution >= 4 is 117 Å². The topological polar surface area (TPSA) is 736 Å². The standard InChI is InChI=1S/C93H150N24O21/c1-54(2)44-66(112-89(136)77(56(5)119)114-85(132)69(105-74(122)50-100-8)47-58-49-101-61-27-14-13-26-60(58)61)82(129)111-70(48-73(98)121)84(131)113-71(53-118)87(134)116-92(6)37-19-11-9-10-12-20-38-93(7,115-86(133)67(45-55(3)4)110-83(130)68(104-75(123)51-102-90(92)137)46-57-33-35-59(120)36-34-57)91(138)103-52-76(124)117-43-25-32-72(117)88(135)109-65(31-18-24-42-97)81(128)108-64(30-17-23-41-96)80(127)107-63(29-16-22-40-95)79(126)106-62(78(99)125)28-15-21-39-94/h9-10,13-14,26-27,33-36,49,54-56,62-72,77,100-101,118-120H,11-12,15-25,28-32,37-48,50-53,94-97H2,1-8H3,(H2,98,121)(H2,99,125)(H,102,137)(H,103,138)(H,104,123)(H,105,122)(H,106,126)(H,107,127)(H,108,128)(H,109,135)(H,110,130)(H,111,129)(H,112,136)(H,113,131)(H,114,132)(H,115,133)(H,116,134)/b10-9+/t56-,62+,63+,64+,65+,66+,67+,68+,69+,70+,71+,72+,77+,92+,93+/m1/s1.